The highest BCUT2D eigenvalue weighted by Crippen LogP contribution is 2.59. The largest absolute Gasteiger partial charge is 0.508 e. The molecule has 3 aliphatic heterocycles. The Morgan fingerprint density at radius 3 is 2.55 bits per heavy atom. The van der Waals surface area contributed by atoms with E-state index in [1.807, 2.05) is 18.2 Å². The van der Waals surface area contributed by atoms with Crippen molar-refractivity contribution in [2.45, 2.75) is 92.3 Å². The average molecular weight is 799 g/mol. The molecule has 2 fully saturated rings. The molecule has 0 spiro atoms. The Bertz CT molecular complexity index is 2210. The molecule has 1 amide bonds. The minimum absolute atomic E-state index is 0.0154. The van der Waals surface area contributed by atoms with Gasteiger partial charge >= 0.3 is 11.9 Å². The number of aliphatic hydroxyl groups is 5. The smallest absolute Gasteiger partial charge is 0.355 e. The highest BCUT2D eigenvalue weighted by molar-refractivity contribution is 6.32. The summed E-state index contributed by atoms with van der Waals surface area (Å²) in [6.07, 6.45) is 0.298. The van der Waals surface area contributed by atoms with Crippen LogP contribution in [-0.2, 0) is 32.6 Å². The van der Waals surface area contributed by atoms with Crippen LogP contribution in [0.5, 0.6) is 17.2 Å². The third-order valence-corrected chi connectivity index (χ3v) is 12.6. The topological polar surface area (TPSA) is 268 Å². The molecule has 10 atom stereocenters. The lowest BCUT2D eigenvalue weighted by atomic mass is 9.59. The highest BCUT2D eigenvalue weighted by atomic mass is 16.8. The van der Waals surface area contributed by atoms with E-state index in [2.05, 4.69) is 16.1 Å². The van der Waals surface area contributed by atoms with Crippen LogP contribution in [0.4, 0.5) is 5.69 Å². The van der Waals surface area contributed by atoms with Crippen molar-refractivity contribution in [2.75, 3.05) is 18.2 Å². The molecule has 16 heteroatoms. The zero-order valence-corrected chi connectivity index (χ0v) is 31.3. The summed E-state index contributed by atoms with van der Waals surface area (Å²) < 4.78 is 10.9. The third-order valence-electron chi connectivity index (χ3n) is 12.6. The number of hydrogen-bond acceptors (Lipinski definition) is 14. The number of aliphatic imine (C=N–C) groups is 2. The standard InChI is InChI=1S/C42H46N4O12/c43-34-11-9-24-8-7-22-3-1-2-4-28(22)41(24,34)17-27-26-15-31(49)32(57-42(56)39(53)38(52)37(51)33(19-47)58-42)16-29(26)46(36(27)40(54)55)35(50)12-6-21-5-10-30(48)23(13-21)14-25-18-44-20-45-25/h1-6,10,12-13,15-16,18,24,27,33-34,36-39,47-49,51-53,56H,7-9,11,14,17,19-20,43H2,(H,54,55)/t24-,27+,33-,34+,36-,37-,38+,39-,41-,42-/m1/s1. The first-order valence-corrected chi connectivity index (χ1v) is 19.3. The lowest BCUT2D eigenvalue weighted by molar-refractivity contribution is -0.422. The number of carbonyl (C=O) groups is 2. The van der Waals surface area contributed by atoms with Gasteiger partial charge in [0.2, 0.25) is 0 Å². The lowest BCUT2D eigenvalue weighted by Crippen LogP contribution is -2.67. The van der Waals surface area contributed by atoms with Crippen LogP contribution in [0, 0.1) is 5.92 Å². The number of aliphatic carboxylic acids is 1. The van der Waals surface area contributed by atoms with Gasteiger partial charge in [-0.2, -0.15) is 0 Å². The maximum Gasteiger partial charge on any atom is 0.355 e. The van der Waals surface area contributed by atoms with Gasteiger partial charge in [0.1, 0.15) is 36.8 Å². The second-order valence-electron chi connectivity index (χ2n) is 15.8. The number of ether oxygens (including phenoxy) is 2. The van der Waals surface area contributed by atoms with Gasteiger partial charge in [0.15, 0.2) is 17.6 Å². The first-order valence-electron chi connectivity index (χ1n) is 19.3. The van der Waals surface area contributed by atoms with Crippen LogP contribution in [0.15, 0.2) is 70.7 Å². The molecule has 16 nitrogen and oxygen atoms in total. The number of fused-ring (bicyclic) bond motifs is 4. The van der Waals surface area contributed by atoms with Gasteiger partial charge in [0, 0.05) is 47.7 Å². The van der Waals surface area contributed by atoms with E-state index >= 15 is 0 Å². The van der Waals surface area contributed by atoms with E-state index in [9.17, 15) is 50.4 Å². The fourth-order valence-electron chi connectivity index (χ4n) is 9.84. The molecule has 2 aliphatic carbocycles. The van der Waals surface area contributed by atoms with E-state index in [1.54, 1.807) is 18.3 Å². The van der Waals surface area contributed by atoms with Crippen LogP contribution in [0.2, 0.25) is 0 Å². The number of phenolic OH excluding ortho intramolecular Hbond substituents is 2. The average Bonchev–Trinajstić information content (AvgIpc) is 3.92. The number of phenols is 2. The molecule has 58 heavy (non-hydrogen) atoms. The Balaban J connectivity index is 1.21. The van der Waals surface area contributed by atoms with E-state index < -0.39 is 77.7 Å². The van der Waals surface area contributed by atoms with E-state index in [0.717, 1.165) is 41.4 Å². The number of carboxylic acids is 1. The third kappa shape index (κ3) is 6.63. The van der Waals surface area contributed by atoms with Crippen molar-refractivity contribution in [3.63, 3.8) is 0 Å². The van der Waals surface area contributed by atoms with Gasteiger partial charge in [-0.1, -0.05) is 30.3 Å². The van der Waals surface area contributed by atoms with Crippen LogP contribution in [-0.4, -0.2) is 120 Å². The van der Waals surface area contributed by atoms with Gasteiger partial charge in [0.05, 0.1) is 18.0 Å². The summed E-state index contributed by atoms with van der Waals surface area (Å²) in [4.78, 5) is 37.4. The molecule has 3 aromatic carbocycles. The summed E-state index contributed by atoms with van der Waals surface area (Å²) in [5.74, 6) is -7.14. The number of benzene rings is 3. The molecule has 1 saturated carbocycles. The first kappa shape index (κ1) is 39.6. The van der Waals surface area contributed by atoms with E-state index in [1.165, 1.54) is 24.3 Å². The molecule has 306 valence electrons. The molecule has 5 aliphatic rings. The number of amides is 1. The maximum atomic E-state index is 14.5. The summed E-state index contributed by atoms with van der Waals surface area (Å²) in [7, 11) is 0. The lowest BCUT2D eigenvalue weighted by Gasteiger charge is -2.46. The fraction of sp³-hybridized carbons (Fsp3) is 0.429. The minimum atomic E-state index is -3.11. The molecule has 3 heterocycles. The van der Waals surface area contributed by atoms with Crippen LogP contribution in [0.1, 0.15) is 59.4 Å². The molecule has 3 aromatic rings. The molecular formula is C42H46N4O12. The summed E-state index contributed by atoms with van der Waals surface area (Å²) in [5, 5.41) is 85.4. The summed E-state index contributed by atoms with van der Waals surface area (Å²) >= 11 is 0. The zero-order chi connectivity index (χ0) is 41.1. The molecule has 10 N–H and O–H groups in total. The number of nitrogens with zero attached hydrogens (tertiary/aromatic N) is 3. The van der Waals surface area contributed by atoms with Crippen LogP contribution in [0.25, 0.3) is 6.08 Å². The van der Waals surface area contributed by atoms with Crippen molar-refractivity contribution in [3.8, 4) is 17.2 Å². The predicted molar refractivity (Wildman–Crippen MR) is 209 cm³/mol. The number of nitrogens with two attached hydrogens (primary N) is 1. The van der Waals surface area contributed by atoms with E-state index in [-0.39, 0.29) is 29.8 Å². The Kier molecular flexibility index (Phi) is 10.4. The van der Waals surface area contributed by atoms with Crippen molar-refractivity contribution in [2.24, 2.45) is 21.6 Å². The normalized spacial score (nSPS) is 32.5. The summed E-state index contributed by atoms with van der Waals surface area (Å²) in [5.41, 5.74) is 10.6. The van der Waals surface area contributed by atoms with Gasteiger partial charge in [-0.15, -0.1) is 0 Å². The summed E-state index contributed by atoms with van der Waals surface area (Å²) in [6.45, 7) is -0.581. The molecule has 0 bridgehead atoms. The number of hydrogen-bond donors (Lipinski definition) is 9. The number of aliphatic hydroxyl groups excluding tert-OH is 4. The first-order chi connectivity index (χ1) is 27.7. The Labute approximate surface area is 332 Å². The van der Waals surface area contributed by atoms with E-state index in [4.69, 9.17) is 15.2 Å². The molecule has 0 radical (unpaired) electrons. The van der Waals surface area contributed by atoms with Crippen molar-refractivity contribution in [1.82, 2.24) is 0 Å². The fourth-order valence-corrected chi connectivity index (χ4v) is 9.84. The predicted octanol–water partition coefficient (Wildman–Crippen LogP) is 1.23. The quantitative estimate of drug-likeness (QED) is 0.103. The van der Waals surface area contributed by atoms with Crippen molar-refractivity contribution in [1.29, 1.82) is 0 Å². The van der Waals surface area contributed by atoms with Gasteiger partial charge in [-0.3, -0.25) is 19.7 Å². The van der Waals surface area contributed by atoms with Crippen molar-refractivity contribution >= 4 is 35.6 Å². The van der Waals surface area contributed by atoms with Gasteiger partial charge in [-0.05, 0) is 84.6 Å². The van der Waals surface area contributed by atoms with Crippen LogP contribution in [0.3, 0.4) is 0 Å². The van der Waals surface area contributed by atoms with Crippen molar-refractivity contribution in [3.05, 3.63) is 88.5 Å². The number of carbonyl (C=O) groups excluding carboxylic acids is 1. The SMILES string of the molecule is N[C@H]1CC[C@H]2CCc3ccccc3[C@@]21C[C@H]1c2cc(O)c(O[C@@]3(O)O[C@H](CO)[C@@H](O)[C@H](O)[C@H]3O)cc2N(C(=O)C=Cc2ccc(O)c(CC3=NCN=C3)c2)[C@H]1C(=O)O. The Morgan fingerprint density at radius 2 is 1.81 bits per heavy atom. The number of carboxylic acid groups (broad SMARTS) is 1. The van der Waals surface area contributed by atoms with Gasteiger partial charge in [-0.25, -0.2) is 4.79 Å². The van der Waals surface area contributed by atoms with Crippen LogP contribution >= 0.6 is 0 Å². The molecule has 8 rings (SSSR count). The number of rotatable bonds is 10. The monoisotopic (exact) mass is 798 g/mol. The number of anilines is 1. The molecule has 0 aromatic heterocycles. The van der Waals surface area contributed by atoms with Crippen molar-refractivity contribution < 1.29 is 59.9 Å². The highest BCUT2D eigenvalue weighted by Gasteiger charge is 2.58. The number of aromatic hydroxyl groups is 2. The van der Waals surface area contributed by atoms with Gasteiger partial charge < -0.3 is 56.1 Å². The minimum Gasteiger partial charge on any atom is -0.508 e. The number of aryl methyl sites for hydroxylation is 1. The van der Waals surface area contributed by atoms with Gasteiger partial charge in [0.25, 0.3) is 5.91 Å². The zero-order valence-electron chi connectivity index (χ0n) is 31.3. The molecule has 1 saturated heterocycles. The molecular weight excluding hydrogens is 752 g/mol. The maximum absolute atomic E-state index is 14.5. The molecule has 0 unspecified atom stereocenters. The summed E-state index contributed by atoms with van der Waals surface area (Å²) in [6, 6.07) is 13.3. The van der Waals surface area contributed by atoms with E-state index in [0.29, 0.717) is 41.9 Å². The second kappa shape index (κ2) is 15.2. The van der Waals surface area contributed by atoms with Crippen LogP contribution < -0.4 is 15.4 Å². The Morgan fingerprint density at radius 1 is 1.02 bits per heavy atom. The Hall–Kier alpha value is -5.20. The second-order valence-corrected chi connectivity index (χ2v) is 15.8.